The molecule has 12 aliphatic carbocycles. The molecule has 0 amide bonds. The minimum absolute atomic E-state index is 0.0135. The maximum absolute atomic E-state index is 14.2. The predicted molar refractivity (Wildman–Crippen MR) is 499 cm³/mol. The number of ketones is 2. The third-order valence-corrected chi connectivity index (χ3v) is 31.2. The predicted octanol–water partition coefficient (Wildman–Crippen LogP) is 30.4. The minimum atomic E-state index is -2.51. The third kappa shape index (κ3) is 16.4. The summed E-state index contributed by atoms with van der Waals surface area (Å²) in [4.78, 5) is 24.0. The largest absolute Gasteiger partial charge is 0.299 e. The van der Waals surface area contributed by atoms with Crippen LogP contribution in [0.4, 0.5) is 8.78 Å². The van der Waals surface area contributed by atoms with Crippen LogP contribution in [-0.2, 0) is 119 Å². The Labute approximate surface area is 719 Å². The molecule has 0 saturated heterocycles. The molecule has 6 saturated carbocycles. The van der Waals surface area contributed by atoms with E-state index in [-0.39, 0.29) is 89.2 Å². The van der Waals surface area contributed by atoms with Gasteiger partial charge in [0, 0.05) is 37.0 Å². The lowest BCUT2D eigenvalue weighted by Gasteiger charge is -2.45. The Balaban J connectivity index is 0.000000123. The number of hydrogen-bond donors (Lipinski definition) is 0. The summed E-state index contributed by atoms with van der Waals surface area (Å²) in [5.74, 6) is 4.26. The molecule has 12 atom stereocenters. The van der Waals surface area contributed by atoms with Gasteiger partial charge in [-0.05, 0) is 316 Å². The van der Waals surface area contributed by atoms with Crippen molar-refractivity contribution in [2.45, 2.75) is 452 Å². The first kappa shape index (κ1) is 90.3. The van der Waals surface area contributed by atoms with Gasteiger partial charge in [0.1, 0.15) is 11.6 Å². The Morgan fingerprint density at radius 1 is 0.271 bits per heavy atom. The molecule has 6 aromatic rings. The van der Waals surface area contributed by atoms with Crippen LogP contribution >= 0.6 is 0 Å². The first-order valence-electron chi connectivity index (χ1n) is 47.0. The van der Waals surface area contributed by atoms with E-state index in [1.165, 1.54) is 107 Å². The molecule has 6 aromatic carbocycles. The van der Waals surface area contributed by atoms with Crippen LogP contribution in [-0.4, -0.2) is 17.5 Å². The van der Waals surface area contributed by atoms with Gasteiger partial charge in [0.2, 0.25) is 0 Å². The molecule has 12 aliphatic rings. The number of fused-ring (bicyclic) bond motifs is 18. The minimum Gasteiger partial charge on any atom is -0.299 e. The van der Waals surface area contributed by atoms with Gasteiger partial charge in [-0.1, -0.05) is 329 Å². The summed E-state index contributed by atoms with van der Waals surface area (Å²) in [6, 6.07) is 28.1. The quantitative estimate of drug-likeness (QED) is 0.152. The lowest BCUT2D eigenvalue weighted by atomic mass is 9.59. The first-order valence-corrected chi connectivity index (χ1v) is 47.0. The zero-order valence-electron chi connectivity index (χ0n) is 81.8. The zero-order valence-corrected chi connectivity index (χ0v) is 81.8. The number of hydrogen-bond acceptors (Lipinski definition) is 2. The Morgan fingerprint density at radius 3 is 0.941 bits per heavy atom. The lowest BCUT2D eigenvalue weighted by molar-refractivity contribution is -0.130. The fraction of sp³-hybridized carbons (Fsp3) is 0.667. The standard InChI is InChI=1S/C20H30.C19H26F2.2C19H26O.C19H28.C18H26/c1-18(2,3)15-8-9-16(19(4,5)6)17-14(15)12-13-10-11-20(13,17)7;1-17(2,3)13-7-8-14(18(4,5)6)15-12(13)9-11-10-19(20,21)16(11)15;1-18(2,3)14-7-8-15(19(4,5)6)17-12-10-16(20)11(12)9-13(14)17;1-18(2,3)13-7-8-14(19(4,5)6)17-12(13)9-11-10-15(20)16(11)17;1-18(2,3)15-9-10-16(19(4,5)6)17-13-8-7-12(13)11-14(15)17;1-17(2,3)14-7-8-15(18(4,5)6)16-12-9-11(12)10-13(14)16/h8-9,13H,10-12H2,1-7H3;7-8,11,16H,9-10H2,1-6H3;7-8,11-12H,9-10H2,1-6H3;7-8,11,16H,9-10H2,1-6H3;9-10,12-13H,7-8,11H2,1-6H3;7-8,11-12H,9-10H2,1-6H3. The number of carbonyl (C=O) groups excluding carboxylic acids is 2. The first-order chi connectivity index (χ1) is 53.6. The van der Waals surface area contributed by atoms with Crippen molar-refractivity contribution in [3.8, 4) is 0 Å². The van der Waals surface area contributed by atoms with E-state index in [2.05, 4.69) is 329 Å². The average Bonchev–Trinajstić information content (AvgIpc) is 1.56. The smallest absolute Gasteiger partial charge is 0.255 e. The van der Waals surface area contributed by atoms with Crippen LogP contribution in [0.25, 0.3) is 0 Å². The normalized spacial score (nSPS) is 26.3. The van der Waals surface area contributed by atoms with E-state index in [9.17, 15) is 18.4 Å². The van der Waals surface area contributed by atoms with E-state index >= 15 is 0 Å². The van der Waals surface area contributed by atoms with E-state index < -0.39 is 11.8 Å². The van der Waals surface area contributed by atoms with Gasteiger partial charge in [-0.3, -0.25) is 9.59 Å². The van der Waals surface area contributed by atoms with Gasteiger partial charge in [-0.25, -0.2) is 8.78 Å². The van der Waals surface area contributed by atoms with Crippen LogP contribution < -0.4 is 0 Å². The summed E-state index contributed by atoms with van der Waals surface area (Å²) >= 11 is 0. The van der Waals surface area contributed by atoms with Crippen molar-refractivity contribution in [1.82, 2.24) is 0 Å². The molecule has 4 heteroatoms. The van der Waals surface area contributed by atoms with Gasteiger partial charge in [0.05, 0.1) is 5.92 Å². The molecule has 0 bridgehead atoms. The summed E-state index contributed by atoms with van der Waals surface area (Å²) in [5.41, 5.74) is 38.8. The average molecular weight is 1600 g/mol. The molecule has 18 rings (SSSR count). The van der Waals surface area contributed by atoms with Crippen molar-refractivity contribution in [2.75, 3.05) is 0 Å². The summed E-state index contributed by atoms with van der Waals surface area (Å²) in [6.45, 7) is 85.3. The molecule has 12 unspecified atom stereocenters. The summed E-state index contributed by atoms with van der Waals surface area (Å²) in [7, 11) is 0. The molecule has 2 nitrogen and oxygen atoms in total. The molecule has 6 fully saturated rings. The van der Waals surface area contributed by atoms with E-state index in [4.69, 9.17) is 0 Å². The maximum Gasteiger partial charge on any atom is 0.255 e. The van der Waals surface area contributed by atoms with Crippen LogP contribution in [0.15, 0.2) is 72.8 Å². The number of benzene rings is 6. The monoisotopic (exact) mass is 1600 g/mol. The van der Waals surface area contributed by atoms with Gasteiger partial charge < -0.3 is 0 Å². The van der Waals surface area contributed by atoms with Gasteiger partial charge in [-0.15, -0.1) is 0 Å². The summed E-state index contributed by atoms with van der Waals surface area (Å²) in [5, 5.41) is 0. The highest BCUT2D eigenvalue weighted by molar-refractivity contribution is 5.95. The van der Waals surface area contributed by atoms with Crippen LogP contribution in [0.2, 0.25) is 0 Å². The fourth-order valence-electron chi connectivity index (χ4n) is 24.7. The SMILES string of the molecule is CC(C)(C)c1ccc(C(C)(C)C)c2c1CC1C(=O)CC21.CC(C)(C)c1ccc(C(C)(C)C)c2c1CC1CC(=O)C21.CC(C)(C)c1ccc(C(C)(C)C)c2c1CC1CC(F)(F)C21.CC(C)(C)c1ccc(C(C)(C)C)c2c1CC1CC21.CC(C)(C)c1ccc(C(C)(C)C)c2c1CC1CCC21.CC(C)(C)c1ccc(C(C)(C)C)c2c1CC1CCC21C. The Morgan fingerprint density at radius 2 is 0.585 bits per heavy atom. The van der Waals surface area contributed by atoms with Crippen LogP contribution in [0.1, 0.15) is 471 Å². The van der Waals surface area contributed by atoms with Gasteiger partial charge in [-0.2, -0.15) is 0 Å². The topological polar surface area (TPSA) is 34.1 Å². The van der Waals surface area contributed by atoms with Crippen LogP contribution in [0.5, 0.6) is 0 Å². The Kier molecular flexibility index (Phi) is 22.4. The lowest BCUT2D eigenvalue weighted by Crippen LogP contribution is -2.43. The molecule has 0 heterocycles. The van der Waals surface area contributed by atoms with E-state index in [1.54, 1.807) is 66.8 Å². The molecule has 0 N–H and O–H groups in total. The van der Waals surface area contributed by atoms with Crippen molar-refractivity contribution < 1.29 is 18.4 Å². The Bertz CT molecular complexity index is 4910. The number of Topliss-reactive ketones (excluding diaryl/α,β-unsaturated/α-hetero) is 2. The van der Waals surface area contributed by atoms with Gasteiger partial charge in [0.15, 0.2) is 0 Å². The number of halogens is 2. The van der Waals surface area contributed by atoms with Crippen molar-refractivity contribution in [1.29, 1.82) is 0 Å². The van der Waals surface area contributed by atoms with Crippen molar-refractivity contribution in [2.24, 2.45) is 35.5 Å². The van der Waals surface area contributed by atoms with Crippen molar-refractivity contribution in [3.63, 3.8) is 0 Å². The number of alkyl halides is 2. The van der Waals surface area contributed by atoms with Crippen LogP contribution in [0.3, 0.4) is 0 Å². The van der Waals surface area contributed by atoms with Crippen molar-refractivity contribution in [3.05, 3.63) is 206 Å². The summed E-state index contributed by atoms with van der Waals surface area (Å²) in [6.07, 6.45) is 15.7. The van der Waals surface area contributed by atoms with E-state index in [0.29, 0.717) is 28.8 Å². The second-order valence-corrected chi connectivity index (χ2v) is 52.7. The highest BCUT2D eigenvalue weighted by atomic mass is 19.3. The molecule has 0 radical (unpaired) electrons. The molecule has 0 aliphatic heterocycles. The van der Waals surface area contributed by atoms with Gasteiger partial charge >= 0.3 is 0 Å². The number of rotatable bonds is 0. The summed E-state index contributed by atoms with van der Waals surface area (Å²) < 4.78 is 28.3. The molecule has 644 valence electrons. The third-order valence-electron chi connectivity index (χ3n) is 31.2. The van der Waals surface area contributed by atoms with Crippen molar-refractivity contribution >= 4 is 11.6 Å². The molecule has 118 heavy (non-hydrogen) atoms. The molecule has 0 spiro atoms. The Hall–Kier alpha value is -5.48. The highest BCUT2D eigenvalue weighted by Crippen LogP contribution is 2.66. The van der Waals surface area contributed by atoms with E-state index in [1.807, 2.05) is 0 Å². The fourth-order valence-corrected chi connectivity index (χ4v) is 24.7. The molecular formula is C114H162F2O2. The van der Waals surface area contributed by atoms with E-state index in [0.717, 1.165) is 72.8 Å². The highest BCUT2D eigenvalue weighted by Gasteiger charge is 2.62. The van der Waals surface area contributed by atoms with Crippen LogP contribution in [0, 0.1) is 35.5 Å². The van der Waals surface area contributed by atoms with Gasteiger partial charge in [0.25, 0.3) is 5.92 Å². The maximum atomic E-state index is 14.2. The molecule has 0 aromatic heterocycles. The number of carbonyl (C=O) groups is 2. The second kappa shape index (κ2) is 29.3. The molecular weight excluding hydrogens is 1440 g/mol. The second-order valence-electron chi connectivity index (χ2n) is 52.7. The zero-order chi connectivity index (χ0) is 87.7.